The van der Waals surface area contributed by atoms with Gasteiger partial charge in [-0.1, -0.05) is 60.7 Å². The molecule has 6 nitrogen and oxygen atoms in total. The van der Waals surface area contributed by atoms with E-state index in [9.17, 15) is 19.5 Å². The van der Waals surface area contributed by atoms with E-state index in [-0.39, 0.29) is 18.6 Å². The Morgan fingerprint density at radius 2 is 1.30 bits per heavy atom. The standard InChI is InChI=1S/C20H22N2O4S/c23-18(13-27)21-16(11-14-7-3-1-4-8-14)19(24)22-17(20(25)26)12-15-9-5-2-6-10-15/h1-10,16-17,27H,11-13H2,(H,21,23)(H,22,24)(H,25,26). The van der Waals surface area contributed by atoms with Crippen LogP contribution < -0.4 is 10.6 Å². The first-order valence-electron chi connectivity index (χ1n) is 8.51. The summed E-state index contributed by atoms with van der Waals surface area (Å²) in [7, 11) is 0. The highest BCUT2D eigenvalue weighted by Crippen LogP contribution is 2.07. The molecule has 2 rings (SSSR count). The van der Waals surface area contributed by atoms with Crippen LogP contribution in [0.5, 0.6) is 0 Å². The second-order valence-corrected chi connectivity index (χ2v) is 6.37. The van der Waals surface area contributed by atoms with Crippen LogP contribution in [-0.4, -0.2) is 40.7 Å². The van der Waals surface area contributed by atoms with E-state index >= 15 is 0 Å². The van der Waals surface area contributed by atoms with Crippen molar-refractivity contribution in [2.24, 2.45) is 0 Å². The molecule has 0 aliphatic heterocycles. The Hall–Kier alpha value is -2.80. The van der Waals surface area contributed by atoms with Crippen molar-refractivity contribution in [3.05, 3.63) is 71.8 Å². The fourth-order valence-corrected chi connectivity index (χ4v) is 2.71. The minimum absolute atomic E-state index is 0.0645. The molecule has 0 saturated heterocycles. The largest absolute Gasteiger partial charge is 0.480 e. The van der Waals surface area contributed by atoms with Gasteiger partial charge >= 0.3 is 5.97 Å². The summed E-state index contributed by atoms with van der Waals surface area (Å²) in [5, 5.41) is 14.6. The van der Waals surface area contributed by atoms with E-state index in [1.807, 2.05) is 36.4 Å². The average Bonchev–Trinajstić information content (AvgIpc) is 2.68. The molecule has 2 amide bonds. The Balaban J connectivity index is 2.11. The third-order valence-corrected chi connectivity index (χ3v) is 4.26. The van der Waals surface area contributed by atoms with Crippen LogP contribution in [0.2, 0.25) is 0 Å². The molecule has 142 valence electrons. The number of aliphatic carboxylic acids is 1. The third kappa shape index (κ3) is 6.79. The number of nitrogens with one attached hydrogen (secondary N) is 2. The lowest BCUT2D eigenvalue weighted by Crippen LogP contribution is -2.53. The number of hydrogen-bond donors (Lipinski definition) is 4. The number of carboxylic acid groups (broad SMARTS) is 1. The Labute approximate surface area is 163 Å². The smallest absolute Gasteiger partial charge is 0.326 e. The Morgan fingerprint density at radius 1 is 0.815 bits per heavy atom. The molecule has 0 fully saturated rings. The molecule has 0 spiro atoms. The van der Waals surface area contributed by atoms with Gasteiger partial charge in [-0.3, -0.25) is 9.59 Å². The summed E-state index contributed by atoms with van der Waals surface area (Å²) in [6.45, 7) is 0. The molecule has 3 N–H and O–H groups in total. The number of amides is 2. The Bertz CT molecular complexity index is 768. The number of rotatable bonds is 9. The quantitative estimate of drug-likeness (QED) is 0.491. The van der Waals surface area contributed by atoms with Gasteiger partial charge in [0.25, 0.3) is 0 Å². The van der Waals surface area contributed by atoms with E-state index in [4.69, 9.17) is 0 Å². The molecule has 7 heteroatoms. The van der Waals surface area contributed by atoms with Gasteiger partial charge in [0.05, 0.1) is 5.75 Å². The van der Waals surface area contributed by atoms with Gasteiger partial charge in [-0.15, -0.1) is 0 Å². The number of benzene rings is 2. The van der Waals surface area contributed by atoms with Crippen molar-refractivity contribution in [1.29, 1.82) is 0 Å². The molecule has 0 radical (unpaired) electrons. The van der Waals surface area contributed by atoms with Crippen LogP contribution in [0.1, 0.15) is 11.1 Å². The fourth-order valence-electron chi connectivity index (χ4n) is 2.62. The van der Waals surface area contributed by atoms with Crippen LogP contribution in [0.15, 0.2) is 60.7 Å². The molecule has 0 aliphatic carbocycles. The topological polar surface area (TPSA) is 95.5 Å². The average molecular weight is 386 g/mol. The summed E-state index contributed by atoms with van der Waals surface area (Å²) in [4.78, 5) is 36.0. The molecular formula is C20H22N2O4S. The number of carbonyl (C=O) groups is 3. The summed E-state index contributed by atoms with van der Waals surface area (Å²) in [5.41, 5.74) is 1.65. The lowest BCUT2D eigenvalue weighted by Gasteiger charge is -2.21. The minimum atomic E-state index is -1.13. The van der Waals surface area contributed by atoms with Crippen LogP contribution in [0, 0.1) is 0 Å². The Kier molecular flexibility index (Phi) is 7.88. The van der Waals surface area contributed by atoms with Crippen molar-refractivity contribution in [3.63, 3.8) is 0 Å². The maximum absolute atomic E-state index is 12.7. The molecule has 2 unspecified atom stereocenters. The molecule has 2 atom stereocenters. The second-order valence-electron chi connectivity index (χ2n) is 6.06. The molecule has 0 aliphatic rings. The maximum Gasteiger partial charge on any atom is 0.326 e. The van der Waals surface area contributed by atoms with E-state index in [1.165, 1.54) is 0 Å². The predicted octanol–water partition coefficient (Wildman–Crippen LogP) is 1.46. The number of carbonyl (C=O) groups excluding carboxylic acids is 2. The summed E-state index contributed by atoms with van der Waals surface area (Å²) in [6.07, 6.45) is 0.407. The van der Waals surface area contributed by atoms with E-state index in [0.29, 0.717) is 0 Å². The van der Waals surface area contributed by atoms with Gasteiger partial charge in [-0.25, -0.2) is 4.79 Å². The first-order valence-corrected chi connectivity index (χ1v) is 9.14. The van der Waals surface area contributed by atoms with Crippen LogP contribution in [0.4, 0.5) is 0 Å². The first-order chi connectivity index (χ1) is 13.0. The van der Waals surface area contributed by atoms with Crippen molar-refractivity contribution < 1.29 is 19.5 Å². The van der Waals surface area contributed by atoms with Crippen molar-refractivity contribution in [2.75, 3.05) is 5.75 Å². The summed E-state index contributed by atoms with van der Waals surface area (Å²) >= 11 is 3.92. The van der Waals surface area contributed by atoms with Gasteiger partial charge in [0.1, 0.15) is 12.1 Å². The van der Waals surface area contributed by atoms with Crippen molar-refractivity contribution in [1.82, 2.24) is 10.6 Å². The van der Waals surface area contributed by atoms with Gasteiger partial charge in [-0.05, 0) is 11.1 Å². The van der Waals surface area contributed by atoms with Crippen molar-refractivity contribution >= 4 is 30.4 Å². The van der Waals surface area contributed by atoms with Gasteiger partial charge in [0.2, 0.25) is 11.8 Å². The highest BCUT2D eigenvalue weighted by atomic mass is 32.1. The van der Waals surface area contributed by atoms with E-state index in [1.54, 1.807) is 24.3 Å². The van der Waals surface area contributed by atoms with E-state index < -0.39 is 29.9 Å². The van der Waals surface area contributed by atoms with Gasteiger partial charge in [0.15, 0.2) is 0 Å². The lowest BCUT2D eigenvalue weighted by molar-refractivity contribution is -0.142. The molecule has 0 bridgehead atoms. The van der Waals surface area contributed by atoms with Crippen LogP contribution in [0.25, 0.3) is 0 Å². The summed E-state index contributed by atoms with van der Waals surface area (Å²) in [6, 6.07) is 16.3. The monoisotopic (exact) mass is 386 g/mol. The van der Waals surface area contributed by atoms with Crippen molar-refractivity contribution in [2.45, 2.75) is 24.9 Å². The van der Waals surface area contributed by atoms with Gasteiger partial charge in [0, 0.05) is 12.8 Å². The number of hydrogen-bond acceptors (Lipinski definition) is 4. The van der Waals surface area contributed by atoms with E-state index in [0.717, 1.165) is 11.1 Å². The zero-order chi connectivity index (χ0) is 19.6. The highest BCUT2D eigenvalue weighted by Gasteiger charge is 2.26. The third-order valence-electron chi connectivity index (χ3n) is 3.98. The zero-order valence-corrected chi connectivity index (χ0v) is 15.6. The Morgan fingerprint density at radius 3 is 1.74 bits per heavy atom. The normalized spacial score (nSPS) is 12.6. The zero-order valence-electron chi connectivity index (χ0n) is 14.7. The fraction of sp³-hybridized carbons (Fsp3) is 0.250. The second kappa shape index (κ2) is 10.4. The predicted molar refractivity (Wildman–Crippen MR) is 106 cm³/mol. The van der Waals surface area contributed by atoms with Crippen LogP contribution in [-0.2, 0) is 27.2 Å². The first kappa shape index (κ1) is 20.5. The molecular weight excluding hydrogens is 364 g/mol. The minimum Gasteiger partial charge on any atom is -0.480 e. The lowest BCUT2D eigenvalue weighted by atomic mass is 10.0. The molecule has 0 saturated carbocycles. The molecule has 0 heterocycles. The van der Waals surface area contributed by atoms with E-state index in [2.05, 4.69) is 23.3 Å². The molecule has 2 aromatic rings. The number of carboxylic acids is 1. The summed E-state index contributed by atoms with van der Waals surface area (Å²) in [5.74, 6) is -2.14. The van der Waals surface area contributed by atoms with Gasteiger partial charge in [-0.2, -0.15) is 12.6 Å². The van der Waals surface area contributed by atoms with Crippen LogP contribution >= 0.6 is 12.6 Å². The van der Waals surface area contributed by atoms with Crippen molar-refractivity contribution in [3.8, 4) is 0 Å². The van der Waals surface area contributed by atoms with Gasteiger partial charge < -0.3 is 15.7 Å². The summed E-state index contributed by atoms with van der Waals surface area (Å²) < 4.78 is 0. The highest BCUT2D eigenvalue weighted by molar-refractivity contribution is 7.81. The molecule has 2 aromatic carbocycles. The number of thiol groups is 1. The SMILES string of the molecule is O=C(CS)NC(Cc1ccccc1)C(=O)NC(Cc1ccccc1)C(=O)O. The molecule has 0 aromatic heterocycles. The molecule has 27 heavy (non-hydrogen) atoms. The maximum atomic E-state index is 12.7. The van der Waals surface area contributed by atoms with Crippen LogP contribution in [0.3, 0.4) is 0 Å².